The number of benzene rings is 2. The minimum atomic E-state index is -0.591. The Labute approximate surface area is 180 Å². The predicted octanol–water partition coefficient (Wildman–Crippen LogP) is 5.54. The van der Waals surface area contributed by atoms with Gasteiger partial charge in [-0.25, -0.2) is 4.39 Å². The summed E-state index contributed by atoms with van der Waals surface area (Å²) >= 11 is 0. The van der Waals surface area contributed by atoms with Crippen LogP contribution in [-0.2, 0) is 6.54 Å². The van der Waals surface area contributed by atoms with E-state index in [9.17, 15) is 9.50 Å². The van der Waals surface area contributed by atoms with Crippen LogP contribution in [0.25, 0.3) is 0 Å². The summed E-state index contributed by atoms with van der Waals surface area (Å²) in [5, 5.41) is 11.5. The van der Waals surface area contributed by atoms with Crippen LogP contribution in [0.5, 0.6) is 0 Å². The highest BCUT2D eigenvalue weighted by molar-refractivity contribution is 5.48. The lowest BCUT2D eigenvalue weighted by atomic mass is 9.66. The van der Waals surface area contributed by atoms with Crippen LogP contribution in [0.15, 0.2) is 48.5 Å². The highest BCUT2D eigenvalue weighted by Gasteiger charge is 2.48. The molecule has 1 aliphatic heterocycles. The van der Waals surface area contributed by atoms with Crippen LogP contribution in [0.3, 0.4) is 0 Å². The van der Waals surface area contributed by atoms with Crippen LogP contribution in [-0.4, -0.2) is 35.2 Å². The highest BCUT2D eigenvalue weighted by atomic mass is 19.1. The lowest BCUT2D eigenvalue weighted by Crippen LogP contribution is -2.54. The second kappa shape index (κ2) is 9.07. The number of hydrogen-bond donors (Lipinski definition) is 1. The summed E-state index contributed by atoms with van der Waals surface area (Å²) in [6.45, 7) is 7.71. The van der Waals surface area contributed by atoms with E-state index in [0.717, 1.165) is 57.3 Å². The van der Waals surface area contributed by atoms with E-state index in [1.54, 1.807) is 12.1 Å². The summed E-state index contributed by atoms with van der Waals surface area (Å²) < 4.78 is 14.4. The van der Waals surface area contributed by atoms with E-state index in [4.69, 9.17) is 0 Å². The van der Waals surface area contributed by atoms with E-state index in [2.05, 4.69) is 47.9 Å². The second-order valence-corrected chi connectivity index (χ2v) is 8.98. The summed E-state index contributed by atoms with van der Waals surface area (Å²) in [6.07, 6.45) is 4.97. The van der Waals surface area contributed by atoms with Crippen molar-refractivity contribution in [3.8, 4) is 0 Å². The lowest BCUT2D eigenvalue weighted by Gasteiger charge is -2.53. The van der Waals surface area contributed by atoms with Crippen LogP contribution < -0.4 is 4.90 Å². The van der Waals surface area contributed by atoms with Gasteiger partial charge in [0.05, 0.1) is 5.60 Å². The molecular formula is C26H35FN2O. The van der Waals surface area contributed by atoms with Gasteiger partial charge in [0.1, 0.15) is 5.82 Å². The maximum absolute atomic E-state index is 14.4. The molecule has 4 heteroatoms. The second-order valence-electron chi connectivity index (χ2n) is 8.98. The quantitative estimate of drug-likeness (QED) is 0.677. The van der Waals surface area contributed by atoms with Gasteiger partial charge in [0.2, 0.25) is 0 Å². The molecule has 0 amide bonds. The van der Waals surface area contributed by atoms with Crippen molar-refractivity contribution in [3.63, 3.8) is 0 Å². The zero-order valence-electron chi connectivity index (χ0n) is 18.4. The van der Waals surface area contributed by atoms with Crippen LogP contribution in [0.2, 0.25) is 0 Å². The zero-order valence-corrected chi connectivity index (χ0v) is 18.4. The smallest absolute Gasteiger partial charge is 0.127 e. The molecule has 0 spiro atoms. The minimum Gasteiger partial charge on any atom is -0.389 e. The van der Waals surface area contributed by atoms with E-state index in [1.807, 2.05) is 12.1 Å². The van der Waals surface area contributed by atoms with Gasteiger partial charge >= 0.3 is 0 Å². The fraction of sp³-hybridized carbons (Fsp3) is 0.538. The maximum Gasteiger partial charge on any atom is 0.127 e. The molecular weight excluding hydrogens is 375 g/mol. The number of rotatable bonds is 6. The Morgan fingerprint density at radius 2 is 1.77 bits per heavy atom. The highest BCUT2D eigenvalue weighted by Crippen LogP contribution is 2.49. The fourth-order valence-electron chi connectivity index (χ4n) is 5.68. The van der Waals surface area contributed by atoms with Crippen molar-refractivity contribution in [2.45, 2.75) is 64.1 Å². The maximum atomic E-state index is 14.4. The number of fused-ring (bicyclic) bond motifs is 1. The lowest BCUT2D eigenvalue weighted by molar-refractivity contribution is -0.126. The topological polar surface area (TPSA) is 26.7 Å². The zero-order chi connectivity index (χ0) is 21.1. The molecule has 3 nitrogen and oxygen atoms in total. The fourth-order valence-corrected chi connectivity index (χ4v) is 5.68. The first-order valence-corrected chi connectivity index (χ1v) is 11.6. The van der Waals surface area contributed by atoms with Crippen molar-refractivity contribution in [2.75, 3.05) is 24.5 Å². The molecule has 162 valence electrons. The van der Waals surface area contributed by atoms with Gasteiger partial charge in [0.25, 0.3) is 0 Å². The molecule has 1 aliphatic carbocycles. The number of nitrogens with zero attached hydrogens (tertiary/aromatic N) is 2. The molecule has 2 aromatic carbocycles. The molecule has 0 bridgehead atoms. The Bertz CT molecular complexity index is 835. The van der Waals surface area contributed by atoms with E-state index in [1.165, 1.54) is 11.3 Å². The number of piperidine rings is 1. The number of halogens is 1. The summed E-state index contributed by atoms with van der Waals surface area (Å²) in [7, 11) is 0. The van der Waals surface area contributed by atoms with E-state index in [-0.39, 0.29) is 17.8 Å². The molecule has 1 N–H and O–H groups in total. The molecule has 4 rings (SSSR count). The summed E-state index contributed by atoms with van der Waals surface area (Å²) in [5.74, 6) is 0.0590. The first-order valence-electron chi connectivity index (χ1n) is 11.6. The Morgan fingerprint density at radius 1 is 1.03 bits per heavy atom. The first kappa shape index (κ1) is 21.3. The van der Waals surface area contributed by atoms with E-state index >= 15 is 0 Å². The Kier molecular flexibility index (Phi) is 6.45. The molecule has 1 saturated carbocycles. The SMILES string of the molecule is CCN(CC)c1ccc([C@@H]2[C@@H]3CCCC[C@]3(O)CCN2Cc2ccccc2F)cc1. The average molecular weight is 411 g/mol. The molecule has 30 heavy (non-hydrogen) atoms. The van der Waals surface area contributed by atoms with Crippen molar-refractivity contribution >= 4 is 5.69 Å². The van der Waals surface area contributed by atoms with Gasteiger partial charge in [-0.05, 0) is 56.9 Å². The van der Waals surface area contributed by atoms with Gasteiger partial charge in [-0.1, -0.05) is 43.2 Å². The third-order valence-electron chi connectivity index (χ3n) is 7.37. The summed E-state index contributed by atoms with van der Waals surface area (Å²) in [5.41, 5.74) is 2.63. The molecule has 0 unspecified atom stereocenters. The molecule has 1 saturated heterocycles. The molecule has 2 aromatic rings. The minimum absolute atomic E-state index is 0.120. The van der Waals surface area contributed by atoms with E-state index in [0.29, 0.717) is 6.54 Å². The third-order valence-corrected chi connectivity index (χ3v) is 7.37. The Hall–Kier alpha value is -1.91. The predicted molar refractivity (Wildman–Crippen MR) is 121 cm³/mol. The molecule has 3 atom stereocenters. The van der Waals surface area contributed by atoms with Crippen LogP contribution >= 0.6 is 0 Å². The van der Waals surface area contributed by atoms with Crippen LogP contribution in [0, 0.1) is 11.7 Å². The van der Waals surface area contributed by atoms with Crippen molar-refractivity contribution in [1.82, 2.24) is 4.90 Å². The largest absolute Gasteiger partial charge is 0.389 e. The standard InChI is InChI=1S/C26H35FN2O/c1-3-28(4-2)22-14-12-20(13-15-22)25-23-10-7-8-16-26(23,30)17-18-29(25)19-21-9-5-6-11-24(21)27/h5-6,9,11-15,23,25,30H,3-4,7-8,10,16-19H2,1-2H3/t23-,25+,26-/m0/s1. The molecule has 0 radical (unpaired) electrons. The van der Waals surface area contributed by atoms with Crippen LogP contribution in [0.1, 0.15) is 63.1 Å². The van der Waals surface area contributed by atoms with Gasteiger partial charge in [-0.15, -0.1) is 0 Å². The number of anilines is 1. The first-order chi connectivity index (χ1) is 14.6. The number of aliphatic hydroxyl groups is 1. The van der Waals surface area contributed by atoms with Crippen LogP contribution in [0.4, 0.5) is 10.1 Å². The molecule has 0 aromatic heterocycles. The van der Waals surface area contributed by atoms with Crippen molar-refractivity contribution in [2.24, 2.45) is 5.92 Å². The van der Waals surface area contributed by atoms with Gasteiger partial charge < -0.3 is 10.0 Å². The Morgan fingerprint density at radius 3 is 2.47 bits per heavy atom. The normalized spacial score (nSPS) is 26.9. The number of likely N-dealkylation sites (tertiary alicyclic amines) is 1. The van der Waals surface area contributed by atoms with Gasteiger partial charge in [-0.2, -0.15) is 0 Å². The van der Waals surface area contributed by atoms with Crippen molar-refractivity contribution < 1.29 is 9.50 Å². The van der Waals surface area contributed by atoms with E-state index < -0.39 is 5.60 Å². The number of hydrogen-bond acceptors (Lipinski definition) is 3. The molecule has 2 fully saturated rings. The van der Waals surface area contributed by atoms with Gasteiger partial charge in [0.15, 0.2) is 0 Å². The average Bonchev–Trinajstić information content (AvgIpc) is 2.77. The third kappa shape index (κ3) is 4.13. The molecule has 1 heterocycles. The van der Waals surface area contributed by atoms with Gasteiger partial charge in [-0.3, -0.25) is 4.90 Å². The summed E-state index contributed by atoms with van der Waals surface area (Å²) in [4.78, 5) is 4.74. The summed E-state index contributed by atoms with van der Waals surface area (Å²) in [6, 6.07) is 16.1. The monoisotopic (exact) mass is 410 g/mol. The van der Waals surface area contributed by atoms with Crippen molar-refractivity contribution in [3.05, 3.63) is 65.5 Å². The van der Waals surface area contributed by atoms with Gasteiger partial charge in [0, 0.05) is 49.4 Å². The molecule has 2 aliphatic rings. The van der Waals surface area contributed by atoms with Crippen molar-refractivity contribution in [1.29, 1.82) is 0 Å². The Balaban J connectivity index is 1.67.